The summed E-state index contributed by atoms with van der Waals surface area (Å²) in [7, 11) is -1.44. The van der Waals surface area contributed by atoms with Crippen molar-refractivity contribution in [1.82, 2.24) is 14.6 Å². The highest BCUT2D eigenvalue weighted by Crippen LogP contribution is 2.29. The van der Waals surface area contributed by atoms with Gasteiger partial charge in [0.2, 0.25) is 15.9 Å². The van der Waals surface area contributed by atoms with E-state index in [9.17, 15) is 13.2 Å². The van der Waals surface area contributed by atoms with Crippen molar-refractivity contribution in [2.24, 2.45) is 11.8 Å². The van der Waals surface area contributed by atoms with Gasteiger partial charge in [-0.1, -0.05) is 0 Å². The first kappa shape index (κ1) is 23.7. The molecule has 2 N–H and O–H groups in total. The van der Waals surface area contributed by atoms with Crippen molar-refractivity contribution in [3.63, 3.8) is 0 Å². The second-order valence-electron chi connectivity index (χ2n) is 9.08. The van der Waals surface area contributed by atoms with Crippen LogP contribution in [0.4, 0.5) is 11.4 Å². The van der Waals surface area contributed by atoms with Crippen LogP contribution in [0, 0.1) is 11.8 Å². The van der Waals surface area contributed by atoms with Gasteiger partial charge in [0.15, 0.2) is 0 Å². The van der Waals surface area contributed by atoms with Gasteiger partial charge in [-0.25, -0.2) is 13.1 Å². The maximum Gasteiger partial charge on any atom is 0.240 e. The van der Waals surface area contributed by atoms with Crippen molar-refractivity contribution in [2.75, 3.05) is 50.0 Å². The Labute approximate surface area is 196 Å². The van der Waals surface area contributed by atoms with Gasteiger partial charge in [0.05, 0.1) is 16.8 Å². The van der Waals surface area contributed by atoms with Gasteiger partial charge in [0, 0.05) is 50.5 Å². The van der Waals surface area contributed by atoms with E-state index in [1.807, 2.05) is 18.2 Å². The van der Waals surface area contributed by atoms with E-state index < -0.39 is 10.0 Å². The number of carbonyl (C=O) groups excluding carboxylic acids is 1. The number of carbonyl (C=O) groups is 1. The number of rotatable bonds is 7. The van der Waals surface area contributed by atoms with Gasteiger partial charge in [-0.05, 0) is 75.0 Å². The molecule has 1 aromatic carbocycles. The maximum absolute atomic E-state index is 12.8. The third-order valence-corrected chi connectivity index (χ3v) is 8.16. The molecule has 0 radical (unpaired) electrons. The molecule has 0 atom stereocenters. The molecule has 178 valence electrons. The topological polar surface area (TPSA) is 94.6 Å². The van der Waals surface area contributed by atoms with E-state index >= 15 is 0 Å². The second-order valence-corrected chi connectivity index (χ2v) is 10.9. The monoisotopic (exact) mass is 471 g/mol. The molecule has 1 aromatic heterocycles. The van der Waals surface area contributed by atoms with Crippen LogP contribution >= 0.6 is 0 Å². The molecule has 33 heavy (non-hydrogen) atoms. The van der Waals surface area contributed by atoms with Crippen LogP contribution in [0.15, 0.2) is 53.7 Å². The standard InChI is InChI=1S/C24H33N5O3S/c1-28-13-15-29(16-14-28)22-8-10-23(11-9-22)33(31,32)26-17-19-4-6-20(7-5-19)24(30)27-21-3-2-12-25-18-21/h2-3,8-12,18-20,26H,4-7,13-17H2,1H3,(H,27,30). The highest BCUT2D eigenvalue weighted by Gasteiger charge is 2.27. The number of aromatic nitrogens is 1. The van der Waals surface area contributed by atoms with Crippen LogP contribution in [0.25, 0.3) is 0 Å². The average Bonchev–Trinajstić information content (AvgIpc) is 2.84. The minimum Gasteiger partial charge on any atom is -0.369 e. The van der Waals surface area contributed by atoms with Crippen molar-refractivity contribution in [3.8, 4) is 0 Å². The first-order valence-corrected chi connectivity index (χ1v) is 13.1. The highest BCUT2D eigenvalue weighted by atomic mass is 32.2. The molecular weight excluding hydrogens is 438 g/mol. The lowest BCUT2D eigenvalue weighted by Gasteiger charge is -2.34. The molecule has 2 aliphatic rings. The summed E-state index contributed by atoms with van der Waals surface area (Å²) in [6.07, 6.45) is 6.49. The number of piperazine rings is 1. The Morgan fingerprint density at radius 1 is 1.03 bits per heavy atom. The van der Waals surface area contributed by atoms with Crippen molar-refractivity contribution in [3.05, 3.63) is 48.8 Å². The Hall–Kier alpha value is -2.49. The van der Waals surface area contributed by atoms with Gasteiger partial charge < -0.3 is 15.1 Å². The lowest BCUT2D eigenvalue weighted by molar-refractivity contribution is -0.121. The molecule has 1 saturated heterocycles. The molecule has 1 aliphatic heterocycles. The molecular formula is C24H33N5O3S. The number of anilines is 2. The van der Waals surface area contributed by atoms with Crippen molar-refractivity contribution in [1.29, 1.82) is 0 Å². The summed E-state index contributed by atoms with van der Waals surface area (Å²) < 4.78 is 28.3. The Kier molecular flexibility index (Phi) is 7.62. The maximum atomic E-state index is 12.8. The van der Waals surface area contributed by atoms with E-state index in [0.29, 0.717) is 17.1 Å². The summed E-state index contributed by atoms with van der Waals surface area (Å²) in [4.78, 5) is 21.4. The molecule has 2 aromatic rings. The first-order valence-electron chi connectivity index (χ1n) is 11.6. The van der Waals surface area contributed by atoms with Crippen LogP contribution in [0.1, 0.15) is 25.7 Å². The minimum atomic E-state index is -3.55. The van der Waals surface area contributed by atoms with Crippen LogP contribution in [0.2, 0.25) is 0 Å². The number of pyridine rings is 1. The summed E-state index contributed by atoms with van der Waals surface area (Å²) >= 11 is 0. The van der Waals surface area contributed by atoms with Crippen LogP contribution < -0.4 is 14.9 Å². The zero-order valence-corrected chi connectivity index (χ0v) is 19.9. The lowest BCUT2D eigenvalue weighted by Crippen LogP contribution is -2.44. The van der Waals surface area contributed by atoms with Crippen LogP contribution in [0.5, 0.6) is 0 Å². The largest absolute Gasteiger partial charge is 0.369 e. The molecule has 0 spiro atoms. The highest BCUT2D eigenvalue weighted by molar-refractivity contribution is 7.89. The molecule has 0 bridgehead atoms. The molecule has 4 rings (SSSR count). The average molecular weight is 472 g/mol. The van der Waals surface area contributed by atoms with Crippen molar-refractivity contribution >= 4 is 27.3 Å². The Balaban J connectivity index is 1.24. The van der Waals surface area contributed by atoms with Crippen LogP contribution in [-0.4, -0.2) is 64.0 Å². The molecule has 9 heteroatoms. The lowest BCUT2D eigenvalue weighted by atomic mass is 9.81. The molecule has 1 amide bonds. The van der Waals surface area contributed by atoms with Gasteiger partial charge in [-0.3, -0.25) is 9.78 Å². The quantitative estimate of drug-likeness (QED) is 0.645. The summed E-state index contributed by atoms with van der Waals surface area (Å²) in [5.41, 5.74) is 1.76. The summed E-state index contributed by atoms with van der Waals surface area (Å²) in [6.45, 7) is 4.32. The predicted molar refractivity (Wildman–Crippen MR) is 130 cm³/mol. The first-order chi connectivity index (χ1) is 15.9. The van der Waals surface area contributed by atoms with Gasteiger partial charge in [0.25, 0.3) is 0 Å². The number of hydrogen-bond acceptors (Lipinski definition) is 6. The van der Waals surface area contributed by atoms with E-state index in [0.717, 1.165) is 57.5 Å². The molecule has 1 aliphatic carbocycles. The van der Waals surface area contributed by atoms with Crippen molar-refractivity contribution < 1.29 is 13.2 Å². The normalized spacial score (nSPS) is 22.2. The van der Waals surface area contributed by atoms with Crippen LogP contribution in [0.3, 0.4) is 0 Å². The fraction of sp³-hybridized carbons (Fsp3) is 0.500. The Morgan fingerprint density at radius 2 is 1.73 bits per heavy atom. The minimum absolute atomic E-state index is 0.0162. The van der Waals surface area contributed by atoms with Crippen LogP contribution in [-0.2, 0) is 14.8 Å². The number of nitrogens with one attached hydrogen (secondary N) is 2. The summed E-state index contributed by atoms with van der Waals surface area (Å²) in [6, 6.07) is 10.8. The molecule has 8 nitrogen and oxygen atoms in total. The van der Waals surface area contributed by atoms with E-state index in [2.05, 4.69) is 31.9 Å². The van der Waals surface area contributed by atoms with E-state index in [-0.39, 0.29) is 17.7 Å². The fourth-order valence-corrected chi connectivity index (χ4v) is 5.64. The van der Waals surface area contributed by atoms with Crippen molar-refractivity contribution in [2.45, 2.75) is 30.6 Å². The predicted octanol–water partition coefficient (Wildman–Crippen LogP) is 2.56. The number of amides is 1. The molecule has 0 unspecified atom stereocenters. The smallest absolute Gasteiger partial charge is 0.240 e. The van der Waals surface area contributed by atoms with E-state index in [1.54, 1.807) is 30.6 Å². The Morgan fingerprint density at radius 3 is 2.36 bits per heavy atom. The zero-order valence-electron chi connectivity index (χ0n) is 19.1. The number of hydrogen-bond donors (Lipinski definition) is 2. The third-order valence-electron chi connectivity index (χ3n) is 6.72. The number of sulfonamides is 1. The number of likely N-dealkylation sites (N-methyl/N-ethyl adjacent to an activating group) is 1. The Bertz CT molecular complexity index is 1010. The van der Waals surface area contributed by atoms with Gasteiger partial charge in [0.1, 0.15) is 0 Å². The fourth-order valence-electron chi connectivity index (χ4n) is 4.52. The molecule has 2 heterocycles. The van der Waals surface area contributed by atoms with Gasteiger partial charge >= 0.3 is 0 Å². The van der Waals surface area contributed by atoms with E-state index in [4.69, 9.17) is 0 Å². The second kappa shape index (κ2) is 10.6. The van der Waals surface area contributed by atoms with E-state index in [1.165, 1.54) is 0 Å². The van der Waals surface area contributed by atoms with Gasteiger partial charge in [-0.15, -0.1) is 0 Å². The number of benzene rings is 1. The van der Waals surface area contributed by atoms with Gasteiger partial charge in [-0.2, -0.15) is 0 Å². The third kappa shape index (κ3) is 6.31. The summed E-state index contributed by atoms with van der Waals surface area (Å²) in [5.74, 6) is 0.217. The SMILES string of the molecule is CN1CCN(c2ccc(S(=O)(=O)NCC3CCC(C(=O)Nc4cccnc4)CC3)cc2)CC1. The summed E-state index contributed by atoms with van der Waals surface area (Å²) in [5, 5.41) is 2.92. The number of nitrogens with zero attached hydrogens (tertiary/aromatic N) is 3. The molecule has 1 saturated carbocycles. The zero-order chi connectivity index (χ0) is 23.3. The molecule has 2 fully saturated rings.